The largest absolute Gasteiger partial charge is 0.360 e. The number of aromatic nitrogens is 5. The minimum Gasteiger partial charge on any atom is -0.360 e. The van der Waals surface area contributed by atoms with Crippen LogP contribution in [0.15, 0.2) is 89.7 Å². The van der Waals surface area contributed by atoms with Gasteiger partial charge in [-0.25, -0.2) is 15.0 Å². The number of anilines is 1. The van der Waals surface area contributed by atoms with Crippen LogP contribution in [-0.2, 0) is 0 Å². The molecule has 2 aromatic carbocycles. The lowest BCUT2D eigenvalue weighted by Crippen LogP contribution is -2.26. The standard InChI is InChI=1S/C28H22N6OS/c1-17-11-20(14-29-13-17)22-10-6-7-19-12-23(34(28(35)24(19)22)21-8-4-3-5-9-21)18(2)33-26-25-27(31-15-30-26)36-16-32-25/h3-16,18H,1-2H3,(H,30,31,33). The topological polar surface area (TPSA) is 85.6 Å². The van der Waals surface area contributed by atoms with Gasteiger partial charge in [-0.3, -0.25) is 14.3 Å². The van der Waals surface area contributed by atoms with Crippen molar-refractivity contribution in [2.45, 2.75) is 19.9 Å². The molecule has 0 fully saturated rings. The van der Waals surface area contributed by atoms with E-state index in [1.54, 1.807) is 16.3 Å². The van der Waals surface area contributed by atoms with E-state index in [0.717, 1.165) is 43.8 Å². The van der Waals surface area contributed by atoms with Crippen LogP contribution in [0.3, 0.4) is 0 Å². The van der Waals surface area contributed by atoms with Gasteiger partial charge in [0.15, 0.2) is 5.82 Å². The van der Waals surface area contributed by atoms with Crippen molar-refractivity contribution in [1.82, 2.24) is 24.5 Å². The van der Waals surface area contributed by atoms with Crippen LogP contribution in [0, 0.1) is 6.92 Å². The molecular formula is C28H22N6OS. The van der Waals surface area contributed by atoms with Gasteiger partial charge in [0, 0.05) is 29.3 Å². The number of nitrogens with one attached hydrogen (secondary N) is 1. The summed E-state index contributed by atoms with van der Waals surface area (Å²) in [5, 5.41) is 5.00. The number of hydrogen-bond acceptors (Lipinski definition) is 7. The fraction of sp³-hybridized carbons (Fsp3) is 0.107. The predicted octanol–water partition coefficient (Wildman–Crippen LogP) is 5.93. The number of pyridine rings is 2. The Morgan fingerprint density at radius 3 is 2.67 bits per heavy atom. The first-order chi connectivity index (χ1) is 17.6. The quantitative estimate of drug-likeness (QED) is 0.322. The predicted molar refractivity (Wildman–Crippen MR) is 145 cm³/mol. The van der Waals surface area contributed by atoms with E-state index in [-0.39, 0.29) is 11.6 Å². The summed E-state index contributed by atoms with van der Waals surface area (Å²) in [5.74, 6) is 0.639. The molecule has 1 N–H and O–H groups in total. The molecule has 0 amide bonds. The van der Waals surface area contributed by atoms with Crippen molar-refractivity contribution in [1.29, 1.82) is 0 Å². The molecule has 0 aliphatic heterocycles. The Labute approximate surface area is 211 Å². The van der Waals surface area contributed by atoms with Crippen molar-refractivity contribution in [2.24, 2.45) is 0 Å². The molecule has 6 aromatic rings. The van der Waals surface area contributed by atoms with Gasteiger partial charge in [0.2, 0.25) is 0 Å². The summed E-state index contributed by atoms with van der Waals surface area (Å²) < 4.78 is 1.78. The van der Waals surface area contributed by atoms with Crippen LogP contribution in [0.2, 0.25) is 0 Å². The fourth-order valence-electron chi connectivity index (χ4n) is 4.57. The van der Waals surface area contributed by atoms with Crippen molar-refractivity contribution in [3.8, 4) is 16.8 Å². The van der Waals surface area contributed by atoms with Crippen LogP contribution in [0.25, 0.3) is 37.9 Å². The zero-order valence-electron chi connectivity index (χ0n) is 19.7. The monoisotopic (exact) mass is 490 g/mol. The lowest BCUT2D eigenvalue weighted by atomic mass is 9.98. The molecular weight excluding hydrogens is 468 g/mol. The Morgan fingerprint density at radius 2 is 1.83 bits per heavy atom. The Morgan fingerprint density at radius 1 is 0.972 bits per heavy atom. The van der Waals surface area contributed by atoms with Gasteiger partial charge in [-0.05, 0) is 54.6 Å². The molecule has 1 atom stereocenters. The number of hydrogen-bond donors (Lipinski definition) is 1. The highest BCUT2D eigenvalue weighted by Gasteiger charge is 2.20. The zero-order chi connectivity index (χ0) is 24.6. The lowest BCUT2D eigenvalue weighted by molar-refractivity contribution is 0.774. The Balaban J connectivity index is 1.58. The second-order valence-electron chi connectivity index (χ2n) is 8.66. The number of aryl methyl sites for hydroxylation is 1. The Hall–Kier alpha value is -4.43. The van der Waals surface area contributed by atoms with Crippen molar-refractivity contribution in [3.63, 3.8) is 0 Å². The minimum absolute atomic E-state index is 0.0825. The summed E-state index contributed by atoms with van der Waals surface area (Å²) in [4.78, 5) is 32.5. The SMILES string of the molecule is Cc1cncc(-c2cccc3cc(C(C)Nc4ncnc5scnc45)n(-c4ccccc4)c(=O)c23)c1. The van der Waals surface area contributed by atoms with Crippen molar-refractivity contribution >= 4 is 38.3 Å². The molecule has 36 heavy (non-hydrogen) atoms. The van der Waals surface area contributed by atoms with Gasteiger partial charge in [0.25, 0.3) is 5.56 Å². The van der Waals surface area contributed by atoms with Crippen LogP contribution >= 0.6 is 11.3 Å². The first-order valence-electron chi connectivity index (χ1n) is 11.6. The average Bonchev–Trinajstić information content (AvgIpc) is 3.39. The fourth-order valence-corrected chi connectivity index (χ4v) is 5.19. The van der Waals surface area contributed by atoms with Crippen molar-refractivity contribution in [3.05, 3.63) is 107 Å². The van der Waals surface area contributed by atoms with E-state index in [4.69, 9.17) is 0 Å². The van der Waals surface area contributed by atoms with Gasteiger partial charge in [-0.2, -0.15) is 0 Å². The highest BCUT2D eigenvalue weighted by atomic mass is 32.1. The summed E-state index contributed by atoms with van der Waals surface area (Å²) in [7, 11) is 0. The zero-order valence-corrected chi connectivity index (χ0v) is 20.5. The number of thiazole rings is 1. The van der Waals surface area contributed by atoms with E-state index in [9.17, 15) is 4.79 Å². The van der Waals surface area contributed by atoms with Crippen LogP contribution in [0.5, 0.6) is 0 Å². The molecule has 0 radical (unpaired) electrons. The third kappa shape index (κ3) is 3.81. The number of nitrogens with zero attached hydrogens (tertiary/aromatic N) is 5. The van der Waals surface area contributed by atoms with E-state index < -0.39 is 0 Å². The van der Waals surface area contributed by atoms with E-state index in [0.29, 0.717) is 11.2 Å². The lowest BCUT2D eigenvalue weighted by Gasteiger charge is -2.22. The first kappa shape index (κ1) is 22.1. The molecule has 4 heterocycles. The van der Waals surface area contributed by atoms with E-state index in [1.807, 2.05) is 68.6 Å². The molecule has 0 aliphatic rings. The van der Waals surface area contributed by atoms with E-state index in [1.165, 1.54) is 17.7 Å². The van der Waals surface area contributed by atoms with Crippen LogP contribution in [0.1, 0.15) is 24.2 Å². The summed E-state index contributed by atoms with van der Waals surface area (Å²) in [6.45, 7) is 4.02. The Kier molecular flexibility index (Phi) is 5.50. The van der Waals surface area contributed by atoms with E-state index >= 15 is 0 Å². The third-order valence-electron chi connectivity index (χ3n) is 6.21. The van der Waals surface area contributed by atoms with Crippen LogP contribution in [-0.4, -0.2) is 24.5 Å². The molecule has 1 unspecified atom stereocenters. The van der Waals surface area contributed by atoms with E-state index in [2.05, 4.69) is 37.4 Å². The van der Waals surface area contributed by atoms with Crippen molar-refractivity contribution < 1.29 is 0 Å². The summed E-state index contributed by atoms with van der Waals surface area (Å²) >= 11 is 1.47. The summed E-state index contributed by atoms with van der Waals surface area (Å²) in [6.07, 6.45) is 5.15. The second-order valence-corrected chi connectivity index (χ2v) is 9.49. The normalized spacial score (nSPS) is 12.2. The molecule has 7 nitrogen and oxygen atoms in total. The maximum Gasteiger partial charge on any atom is 0.263 e. The highest BCUT2D eigenvalue weighted by molar-refractivity contribution is 7.16. The average molecular weight is 491 g/mol. The number of benzene rings is 2. The molecule has 0 saturated heterocycles. The van der Waals surface area contributed by atoms with Crippen molar-refractivity contribution in [2.75, 3.05) is 5.32 Å². The third-order valence-corrected chi connectivity index (χ3v) is 6.94. The molecule has 0 aliphatic carbocycles. The van der Waals surface area contributed by atoms with Gasteiger partial charge in [0.1, 0.15) is 16.7 Å². The van der Waals surface area contributed by atoms with Gasteiger partial charge in [-0.15, -0.1) is 11.3 Å². The van der Waals surface area contributed by atoms with Gasteiger partial charge < -0.3 is 5.32 Å². The highest BCUT2D eigenvalue weighted by Crippen LogP contribution is 2.31. The number of fused-ring (bicyclic) bond motifs is 2. The van der Waals surface area contributed by atoms with Gasteiger partial charge in [0.05, 0.1) is 16.9 Å². The van der Waals surface area contributed by atoms with Gasteiger partial charge in [-0.1, -0.05) is 36.4 Å². The molecule has 4 aromatic heterocycles. The molecule has 0 bridgehead atoms. The second kappa shape index (κ2) is 8.98. The van der Waals surface area contributed by atoms with Crippen LogP contribution in [0.4, 0.5) is 5.82 Å². The minimum atomic E-state index is -0.244. The molecule has 0 spiro atoms. The molecule has 176 valence electrons. The smallest absolute Gasteiger partial charge is 0.263 e. The maximum absolute atomic E-state index is 14.2. The van der Waals surface area contributed by atoms with Gasteiger partial charge >= 0.3 is 0 Å². The molecule has 8 heteroatoms. The molecule has 6 rings (SSSR count). The molecule has 0 saturated carbocycles. The Bertz CT molecular complexity index is 1780. The summed E-state index contributed by atoms with van der Waals surface area (Å²) in [5.41, 5.74) is 6.84. The number of rotatable bonds is 5. The first-order valence-corrected chi connectivity index (χ1v) is 12.4. The maximum atomic E-state index is 14.2. The van der Waals surface area contributed by atoms with Crippen LogP contribution < -0.4 is 10.9 Å². The summed E-state index contributed by atoms with van der Waals surface area (Å²) in [6, 6.07) is 19.6. The number of para-hydroxylation sites is 1.